The number of hydrogen-bond acceptors (Lipinski definition) is 7. The molecule has 3 heterocycles. The van der Waals surface area contributed by atoms with Gasteiger partial charge >= 0.3 is 11.7 Å². The SMILES string of the molecule is CCc1ccccc1[C@H](Cn1c(=O)n(C(C)(C)C(=O)O)c(=O)c2c(C)c(-c3ncco3)sc21)C[C@H]1CC[C@@H](O)CC1. The molecule has 218 valence electrons. The van der Waals surface area contributed by atoms with Crippen molar-refractivity contribution >= 4 is 27.5 Å². The van der Waals surface area contributed by atoms with E-state index < -0.39 is 22.8 Å². The van der Waals surface area contributed by atoms with Gasteiger partial charge in [0.15, 0.2) is 0 Å². The summed E-state index contributed by atoms with van der Waals surface area (Å²) in [7, 11) is 0. The molecule has 3 aromatic heterocycles. The van der Waals surface area contributed by atoms with Gasteiger partial charge in [-0.15, -0.1) is 11.3 Å². The lowest BCUT2D eigenvalue weighted by molar-refractivity contribution is -0.146. The predicted octanol–water partition coefficient (Wildman–Crippen LogP) is 5.30. The van der Waals surface area contributed by atoms with Crippen LogP contribution in [0.5, 0.6) is 0 Å². The minimum absolute atomic E-state index is 0.0567. The number of aliphatic hydroxyl groups is 1. The lowest BCUT2D eigenvalue weighted by atomic mass is 9.78. The monoisotopic (exact) mass is 579 g/mol. The maximum Gasteiger partial charge on any atom is 0.333 e. The first-order chi connectivity index (χ1) is 19.5. The highest BCUT2D eigenvalue weighted by molar-refractivity contribution is 7.22. The zero-order valence-corrected chi connectivity index (χ0v) is 24.7. The molecular weight excluding hydrogens is 542 g/mol. The molecule has 1 saturated carbocycles. The fraction of sp³-hybridized carbons (Fsp3) is 0.484. The number of aryl methyl sites for hydroxylation is 2. The second-order valence-corrected chi connectivity index (χ2v) is 12.6. The summed E-state index contributed by atoms with van der Waals surface area (Å²) < 4.78 is 8.04. The van der Waals surface area contributed by atoms with Crippen LogP contribution in [0.4, 0.5) is 0 Å². The Bertz CT molecular complexity index is 1670. The molecule has 5 rings (SSSR count). The zero-order valence-electron chi connectivity index (χ0n) is 23.9. The molecule has 0 bridgehead atoms. The van der Waals surface area contributed by atoms with Crippen LogP contribution in [0, 0.1) is 12.8 Å². The summed E-state index contributed by atoms with van der Waals surface area (Å²) >= 11 is 1.27. The molecular formula is C31H37N3O6S. The maximum atomic E-state index is 14.2. The van der Waals surface area contributed by atoms with Gasteiger partial charge in [0, 0.05) is 12.5 Å². The molecule has 0 amide bonds. The number of carboxylic acids is 1. The highest BCUT2D eigenvalue weighted by Crippen LogP contribution is 2.39. The van der Waals surface area contributed by atoms with Crippen molar-refractivity contribution in [3.05, 3.63) is 74.3 Å². The number of nitrogens with zero attached hydrogens (tertiary/aromatic N) is 3. The summed E-state index contributed by atoms with van der Waals surface area (Å²) in [6.45, 7) is 6.93. The predicted molar refractivity (Wildman–Crippen MR) is 159 cm³/mol. The van der Waals surface area contributed by atoms with E-state index in [2.05, 4.69) is 24.0 Å². The molecule has 0 unspecified atom stereocenters. The molecule has 41 heavy (non-hydrogen) atoms. The van der Waals surface area contributed by atoms with Gasteiger partial charge in [-0.05, 0) is 81.9 Å². The van der Waals surface area contributed by atoms with Crippen molar-refractivity contribution in [1.29, 1.82) is 0 Å². The number of fused-ring (bicyclic) bond motifs is 1. The summed E-state index contributed by atoms with van der Waals surface area (Å²) in [5.74, 6) is -0.593. The van der Waals surface area contributed by atoms with E-state index in [1.54, 1.807) is 11.5 Å². The van der Waals surface area contributed by atoms with Gasteiger partial charge in [-0.25, -0.2) is 19.1 Å². The van der Waals surface area contributed by atoms with Crippen molar-refractivity contribution in [2.75, 3.05) is 0 Å². The standard InChI is InChI=1S/C31H37N3O6S/c1-5-20-8-6-7-9-23(20)21(16-19-10-12-22(35)13-11-19)17-33-28-24(18(2)25(41-28)26-32-14-15-40-26)27(36)34(30(33)39)31(3,4)29(37)38/h6-9,14-15,19,21-22,35H,5,10-13,16-17H2,1-4H3,(H,37,38)/t19-,21-,22+/m0/s1. The average Bonchev–Trinajstić information content (AvgIpc) is 3.59. The van der Waals surface area contributed by atoms with Crippen LogP contribution in [0.25, 0.3) is 21.0 Å². The van der Waals surface area contributed by atoms with Crippen molar-refractivity contribution in [2.24, 2.45) is 5.92 Å². The Balaban J connectivity index is 1.74. The molecule has 1 aromatic carbocycles. The fourth-order valence-electron chi connectivity index (χ4n) is 6.19. The van der Waals surface area contributed by atoms with E-state index in [0.29, 0.717) is 32.5 Å². The molecule has 9 nitrogen and oxygen atoms in total. The Kier molecular flexibility index (Phi) is 8.07. The number of aliphatic carboxylic acids is 1. The van der Waals surface area contributed by atoms with Crippen LogP contribution in [-0.4, -0.2) is 36.4 Å². The summed E-state index contributed by atoms with van der Waals surface area (Å²) in [6.07, 6.45) is 7.71. The molecule has 1 aliphatic carbocycles. The van der Waals surface area contributed by atoms with Crippen molar-refractivity contribution in [2.45, 2.75) is 90.3 Å². The normalized spacial score (nSPS) is 18.6. The Labute approximate surface area is 242 Å². The second-order valence-electron chi connectivity index (χ2n) is 11.6. The third-order valence-electron chi connectivity index (χ3n) is 8.63. The van der Waals surface area contributed by atoms with Crippen LogP contribution < -0.4 is 11.2 Å². The van der Waals surface area contributed by atoms with Crippen LogP contribution in [0.1, 0.15) is 75.5 Å². The van der Waals surface area contributed by atoms with Crippen molar-refractivity contribution < 1.29 is 19.4 Å². The maximum absolute atomic E-state index is 14.2. The molecule has 0 aliphatic heterocycles. The van der Waals surface area contributed by atoms with Crippen molar-refractivity contribution in [3.63, 3.8) is 0 Å². The van der Waals surface area contributed by atoms with Gasteiger partial charge in [-0.2, -0.15) is 0 Å². The lowest BCUT2D eigenvalue weighted by Gasteiger charge is -2.31. The quantitative estimate of drug-likeness (QED) is 0.276. The van der Waals surface area contributed by atoms with Crippen LogP contribution in [0.3, 0.4) is 0 Å². The summed E-state index contributed by atoms with van der Waals surface area (Å²) in [5, 5.41) is 20.4. The molecule has 4 aromatic rings. The van der Waals surface area contributed by atoms with Gasteiger partial charge in [0.25, 0.3) is 5.56 Å². The minimum atomic E-state index is -1.77. The lowest BCUT2D eigenvalue weighted by Crippen LogP contribution is -2.52. The van der Waals surface area contributed by atoms with Crippen molar-refractivity contribution in [3.8, 4) is 10.8 Å². The Morgan fingerprint density at radius 3 is 2.54 bits per heavy atom. The van der Waals surface area contributed by atoms with E-state index >= 15 is 0 Å². The molecule has 0 spiro atoms. The van der Waals surface area contributed by atoms with Gasteiger partial charge < -0.3 is 14.6 Å². The largest absolute Gasteiger partial charge is 0.480 e. The minimum Gasteiger partial charge on any atom is -0.480 e. The number of carbonyl (C=O) groups is 1. The number of carboxylic acid groups (broad SMARTS) is 1. The van der Waals surface area contributed by atoms with Crippen LogP contribution >= 0.6 is 11.3 Å². The van der Waals surface area contributed by atoms with Gasteiger partial charge in [0.05, 0.1) is 22.6 Å². The van der Waals surface area contributed by atoms with E-state index in [-0.39, 0.29) is 18.6 Å². The smallest absolute Gasteiger partial charge is 0.333 e. The van der Waals surface area contributed by atoms with Gasteiger partial charge in [0.1, 0.15) is 16.6 Å². The summed E-state index contributed by atoms with van der Waals surface area (Å²) in [4.78, 5) is 45.8. The Morgan fingerprint density at radius 1 is 1.20 bits per heavy atom. The number of rotatable bonds is 9. The summed E-state index contributed by atoms with van der Waals surface area (Å²) in [6, 6.07) is 8.24. The molecule has 0 radical (unpaired) electrons. The molecule has 0 saturated heterocycles. The number of aliphatic hydroxyl groups excluding tert-OH is 1. The Morgan fingerprint density at radius 2 is 1.90 bits per heavy atom. The fourth-order valence-corrected chi connectivity index (χ4v) is 7.44. The first-order valence-corrected chi connectivity index (χ1v) is 15.0. The first-order valence-electron chi connectivity index (χ1n) is 14.2. The van der Waals surface area contributed by atoms with Crippen molar-refractivity contribution in [1.82, 2.24) is 14.1 Å². The number of hydrogen-bond donors (Lipinski definition) is 2. The zero-order chi connectivity index (χ0) is 29.5. The third kappa shape index (κ3) is 5.30. The Hall–Kier alpha value is -3.50. The highest BCUT2D eigenvalue weighted by atomic mass is 32.1. The van der Waals surface area contributed by atoms with Crippen LogP contribution in [0.2, 0.25) is 0 Å². The number of thiophene rings is 1. The molecule has 1 aliphatic rings. The molecule has 1 fully saturated rings. The number of oxazole rings is 1. The first kappa shape index (κ1) is 29.0. The topological polar surface area (TPSA) is 128 Å². The van der Waals surface area contributed by atoms with Crippen LogP contribution in [0.15, 0.2) is 50.7 Å². The molecule has 1 atom stereocenters. The third-order valence-corrected chi connectivity index (χ3v) is 9.94. The molecule has 2 N–H and O–H groups in total. The summed E-state index contributed by atoms with van der Waals surface area (Å²) in [5.41, 5.74) is -0.0944. The van der Waals surface area contributed by atoms with E-state index in [1.807, 2.05) is 12.1 Å². The second kappa shape index (κ2) is 11.4. The van der Waals surface area contributed by atoms with Gasteiger partial charge in [0.2, 0.25) is 5.89 Å². The average molecular weight is 580 g/mol. The van der Waals surface area contributed by atoms with Crippen LogP contribution in [-0.2, 0) is 23.3 Å². The highest BCUT2D eigenvalue weighted by Gasteiger charge is 2.36. The number of aromatic nitrogens is 3. The molecule has 10 heteroatoms. The van der Waals surface area contributed by atoms with E-state index in [4.69, 9.17) is 4.42 Å². The van der Waals surface area contributed by atoms with Gasteiger partial charge in [-0.1, -0.05) is 31.2 Å². The van der Waals surface area contributed by atoms with Gasteiger partial charge in [-0.3, -0.25) is 9.36 Å². The van der Waals surface area contributed by atoms with E-state index in [9.17, 15) is 24.6 Å². The van der Waals surface area contributed by atoms with E-state index in [0.717, 1.165) is 48.7 Å². The number of benzene rings is 1. The van der Waals surface area contributed by atoms with E-state index in [1.165, 1.54) is 43.2 Å².